The van der Waals surface area contributed by atoms with Crippen LogP contribution in [0.1, 0.15) is 34.6 Å². The van der Waals surface area contributed by atoms with Crippen molar-refractivity contribution in [2.75, 3.05) is 18.0 Å². The Labute approximate surface area is 227 Å². The first-order valence-corrected chi connectivity index (χ1v) is 11.0. The number of anilines is 1. The molecule has 5 nitrogen and oxygen atoms in total. The van der Waals surface area contributed by atoms with Crippen LogP contribution in [0.15, 0.2) is 54.6 Å². The van der Waals surface area contributed by atoms with Gasteiger partial charge in [-0.15, -0.1) is 5.69 Å². The van der Waals surface area contributed by atoms with Gasteiger partial charge in [-0.05, 0) is 47.4 Å². The number of carbonyl (C=O) groups is 2. The van der Waals surface area contributed by atoms with E-state index < -0.39 is 17.6 Å². The van der Waals surface area contributed by atoms with Crippen molar-refractivity contribution < 1.29 is 41.3 Å². The van der Waals surface area contributed by atoms with Crippen LogP contribution < -0.4 is 10.6 Å². The van der Waals surface area contributed by atoms with Crippen LogP contribution in [0.5, 0.6) is 0 Å². The Balaban J connectivity index is 0.00000324. The van der Waals surface area contributed by atoms with E-state index in [4.69, 9.17) is 28.9 Å². The van der Waals surface area contributed by atoms with E-state index in [0.717, 1.165) is 18.7 Å². The maximum atomic E-state index is 14.2. The summed E-state index contributed by atoms with van der Waals surface area (Å²) < 4.78 is 14.2. The Bertz CT molecular complexity index is 1250. The fraction of sp³-hybridized carbons (Fsp3) is 0.200. The zero-order chi connectivity index (χ0) is 23.9. The van der Waals surface area contributed by atoms with Gasteiger partial charge in [0.1, 0.15) is 5.82 Å². The Morgan fingerprint density at radius 2 is 1.74 bits per heavy atom. The van der Waals surface area contributed by atoms with Gasteiger partial charge in [-0.3, -0.25) is 4.79 Å². The molecule has 0 spiro atoms. The van der Waals surface area contributed by atoms with Crippen molar-refractivity contribution in [2.45, 2.75) is 13.8 Å². The molecule has 1 fully saturated rings. The summed E-state index contributed by atoms with van der Waals surface area (Å²) in [5.74, 6) is -2.05. The number of hydrogen-bond donors (Lipinski definition) is 1. The first-order valence-electron chi connectivity index (χ1n) is 10.2. The minimum absolute atomic E-state index is 0. The summed E-state index contributed by atoms with van der Waals surface area (Å²) in [6, 6.07) is 14.1. The third-order valence-electron chi connectivity index (χ3n) is 5.51. The van der Waals surface area contributed by atoms with E-state index in [-0.39, 0.29) is 43.3 Å². The van der Waals surface area contributed by atoms with E-state index in [1.54, 1.807) is 30.3 Å². The third-order valence-corrected chi connectivity index (χ3v) is 6.16. The zero-order valence-electron chi connectivity index (χ0n) is 18.7. The van der Waals surface area contributed by atoms with Gasteiger partial charge in [-0.25, -0.2) is 4.39 Å². The summed E-state index contributed by atoms with van der Waals surface area (Å²) in [4.78, 5) is 26.5. The second-order valence-electron chi connectivity index (χ2n) is 8.80. The first kappa shape index (κ1) is 26.4. The Morgan fingerprint density at radius 3 is 2.35 bits per heavy atom. The van der Waals surface area contributed by atoms with E-state index in [2.05, 4.69) is 24.1 Å². The second-order valence-corrected chi connectivity index (χ2v) is 9.61. The standard InChI is InChI=1S/C25H22Cl2FN3O2.Cd/c1-25(2)12-31(13-25)21-11-14(16-10-15(23(29)32)6-8-17(16)26)7-9-20(21)30-24(33)22-18(27)4-3-5-19(22)28;/h3-11H,12-13H2,1-2H3,(H3,29,30,32,33);/p-1. The van der Waals surface area contributed by atoms with Gasteiger partial charge < -0.3 is 20.7 Å². The van der Waals surface area contributed by atoms with E-state index in [1.807, 2.05) is 6.07 Å². The van der Waals surface area contributed by atoms with E-state index >= 15 is 0 Å². The number of benzene rings is 3. The number of carbonyl (C=O) groups excluding carboxylic acids is 2. The van der Waals surface area contributed by atoms with Crippen molar-refractivity contribution in [3.8, 4) is 11.1 Å². The average molecular weight is 598 g/mol. The largest absolute Gasteiger partial charge is 0.621 e. The predicted octanol–water partition coefficient (Wildman–Crippen LogP) is 6.59. The maximum Gasteiger partial charge on any atom is 0.248 e. The number of hydrogen-bond acceptors (Lipinski definition) is 3. The maximum absolute atomic E-state index is 14.2. The molecule has 4 rings (SSSR count). The topological polar surface area (TPSA) is 77.5 Å². The van der Waals surface area contributed by atoms with Crippen molar-refractivity contribution >= 4 is 46.4 Å². The van der Waals surface area contributed by atoms with Gasteiger partial charge in [0.15, 0.2) is 0 Å². The molecule has 3 aromatic carbocycles. The van der Waals surface area contributed by atoms with Crippen LogP contribution in [0.25, 0.3) is 16.4 Å². The number of nitrogens with two attached hydrogens (primary N) is 1. The van der Waals surface area contributed by atoms with Gasteiger partial charge in [0.05, 0.1) is 16.5 Å². The van der Waals surface area contributed by atoms with Crippen LogP contribution in [0.3, 0.4) is 0 Å². The molecule has 1 aliphatic rings. The molecule has 0 aromatic heterocycles. The average Bonchev–Trinajstić information content (AvgIpc) is 2.72. The van der Waals surface area contributed by atoms with Gasteiger partial charge in [0.2, 0.25) is 5.91 Å². The number of halogens is 3. The van der Waals surface area contributed by atoms with Crippen LogP contribution in [0, 0.1) is 11.2 Å². The van der Waals surface area contributed by atoms with Crippen molar-refractivity contribution in [3.63, 3.8) is 0 Å². The molecule has 0 radical (unpaired) electrons. The fourth-order valence-corrected chi connectivity index (χ4v) is 4.43. The number of rotatable bonds is 5. The molecule has 9 heteroatoms. The molecule has 0 atom stereocenters. The number of primary amides is 1. The molecule has 0 saturated carbocycles. The van der Waals surface area contributed by atoms with E-state index in [0.29, 0.717) is 27.5 Å². The summed E-state index contributed by atoms with van der Waals surface area (Å²) in [6.07, 6.45) is 0. The quantitative estimate of drug-likeness (QED) is 0.337. The molecule has 1 aliphatic heterocycles. The van der Waals surface area contributed by atoms with Gasteiger partial charge in [-0.1, -0.05) is 55.2 Å². The monoisotopic (exact) mass is 598 g/mol. The van der Waals surface area contributed by atoms with E-state index in [1.165, 1.54) is 18.2 Å². The van der Waals surface area contributed by atoms with Crippen molar-refractivity contribution in [2.24, 2.45) is 11.1 Å². The van der Waals surface area contributed by atoms with Gasteiger partial charge in [0, 0.05) is 62.2 Å². The molecule has 0 unspecified atom stereocenters. The molecule has 172 valence electrons. The summed E-state index contributed by atoms with van der Waals surface area (Å²) in [5, 5.41) is 4.65. The van der Waals surface area contributed by atoms with Crippen LogP contribution in [0.2, 0.25) is 10.0 Å². The number of amides is 2. The molecule has 3 aromatic rings. The van der Waals surface area contributed by atoms with Crippen molar-refractivity contribution in [1.29, 1.82) is 0 Å². The van der Waals surface area contributed by atoms with Gasteiger partial charge >= 0.3 is 0 Å². The second kappa shape index (κ2) is 10.2. The SMILES string of the molecule is CC1(C)CN(c2cc(-c3cc(C(N)=O)ccc3Cl)ccc2[N-]C(=O)c2c(F)cccc2Cl)C1.[Cd]. The molecule has 0 aliphatic carbocycles. The van der Waals surface area contributed by atoms with Crippen LogP contribution in [-0.4, -0.2) is 24.9 Å². The summed E-state index contributed by atoms with van der Waals surface area (Å²) in [5.41, 5.74) is 8.05. The molecular formula is C25H21CdCl2FN3O2-. The van der Waals surface area contributed by atoms with Gasteiger partial charge in [-0.2, -0.15) is 0 Å². The Hall–Kier alpha value is -2.17. The number of nitrogens with zero attached hydrogens (tertiary/aromatic N) is 2. The minimum Gasteiger partial charge on any atom is -0.621 e. The summed E-state index contributed by atoms with van der Waals surface area (Å²) >= 11 is 12.4. The van der Waals surface area contributed by atoms with Crippen LogP contribution in [-0.2, 0) is 27.3 Å². The predicted molar refractivity (Wildman–Crippen MR) is 130 cm³/mol. The molecular weight excluding hydrogens is 577 g/mol. The Morgan fingerprint density at radius 1 is 1.03 bits per heavy atom. The smallest absolute Gasteiger partial charge is 0.248 e. The summed E-state index contributed by atoms with van der Waals surface area (Å²) in [6.45, 7) is 5.79. The normalized spacial score (nSPS) is 14.1. The molecule has 1 saturated heterocycles. The molecule has 2 N–H and O–H groups in total. The first-order chi connectivity index (χ1) is 15.6. The molecule has 0 bridgehead atoms. The van der Waals surface area contributed by atoms with Crippen molar-refractivity contribution in [3.05, 3.63) is 86.9 Å². The van der Waals surface area contributed by atoms with Crippen LogP contribution >= 0.6 is 23.2 Å². The van der Waals surface area contributed by atoms with E-state index in [9.17, 15) is 14.0 Å². The zero-order valence-corrected chi connectivity index (χ0v) is 24.3. The Kier molecular flexibility index (Phi) is 7.94. The molecule has 2 amide bonds. The van der Waals surface area contributed by atoms with Crippen LogP contribution in [0.4, 0.5) is 15.8 Å². The van der Waals surface area contributed by atoms with Crippen molar-refractivity contribution in [1.82, 2.24) is 0 Å². The minimum atomic E-state index is -0.763. The third kappa shape index (κ3) is 5.39. The fourth-order valence-electron chi connectivity index (χ4n) is 3.96. The molecule has 34 heavy (non-hydrogen) atoms. The summed E-state index contributed by atoms with van der Waals surface area (Å²) in [7, 11) is 0. The van der Waals surface area contributed by atoms with Gasteiger partial charge in [0.25, 0.3) is 0 Å². The molecule has 1 heterocycles.